The Kier molecular flexibility index (Phi) is 5.32. The molecule has 0 aliphatic heterocycles. The van der Waals surface area contributed by atoms with Crippen molar-refractivity contribution in [2.24, 2.45) is 11.8 Å². The molecular formula is C16H27N3. The smallest absolute Gasteiger partial charge is 0.125 e. The van der Waals surface area contributed by atoms with E-state index in [4.69, 9.17) is 0 Å². The molecule has 3 unspecified atom stereocenters. The summed E-state index contributed by atoms with van der Waals surface area (Å²) in [6.45, 7) is 7.65. The fourth-order valence-electron chi connectivity index (χ4n) is 3.24. The van der Waals surface area contributed by atoms with Crippen LogP contribution in [0.4, 0.5) is 0 Å². The highest BCUT2D eigenvalue weighted by Crippen LogP contribution is 2.36. The highest BCUT2D eigenvalue weighted by molar-refractivity contribution is 5.09. The van der Waals surface area contributed by atoms with Crippen LogP contribution in [0.5, 0.6) is 0 Å². The standard InChI is InChI=1S/C16H27N3/c1-4-9-18-16(14-7-5-6-12(2)11-14)15-8-10-17-13(3)19-15/h8,10,12,14,16,18H,4-7,9,11H2,1-3H3. The molecule has 3 heteroatoms. The monoisotopic (exact) mass is 261 g/mol. The molecule has 0 saturated heterocycles. The molecule has 3 nitrogen and oxygen atoms in total. The predicted octanol–water partition coefficient (Wildman–Crippen LogP) is 3.65. The number of nitrogens with one attached hydrogen (secondary N) is 1. The van der Waals surface area contributed by atoms with E-state index in [0.29, 0.717) is 6.04 Å². The van der Waals surface area contributed by atoms with Crippen LogP contribution in [0.3, 0.4) is 0 Å². The number of rotatable bonds is 5. The SMILES string of the molecule is CCCNC(c1ccnc(C)n1)C1CCCC(C)C1. The van der Waals surface area contributed by atoms with E-state index < -0.39 is 0 Å². The van der Waals surface area contributed by atoms with Crippen LogP contribution >= 0.6 is 0 Å². The summed E-state index contributed by atoms with van der Waals surface area (Å²) < 4.78 is 0. The molecular weight excluding hydrogens is 234 g/mol. The van der Waals surface area contributed by atoms with Gasteiger partial charge in [0, 0.05) is 6.20 Å². The van der Waals surface area contributed by atoms with Crippen LogP contribution in [0.2, 0.25) is 0 Å². The van der Waals surface area contributed by atoms with Crippen molar-refractivity contribution in [1.82, 2.24) is 15.3 Å². The average Bonchev–Trinajstić information content (AvgIpc) is 2.39. The summed E-state index contributed by atoms with van der Waals surface area (Å²) in [5, 5.41) is 3.71. The van der Waals surface area contributed by atoms with E-state index in [1.807, 2.05) is 13.1 Å². The third-order valence-electron chi connectivity index (χ3n) is 4.18. The van der Waals surface area contributed by atoms with Crippen molar-refractivity contribution in [1.29, 1.82) is 0 Å². The Morgan fingerprint density at radius 3 is 2.95 bits per heavy atom. The van der Waals surface area contributed by atoms with Gasteiger partial charge in [0.05, 0.1) is 11.7 Å². The fraction of sp³-hybridized carbons (Fsp3) is 0.750. The first kappa shape index (κ1) is 14.4. The molecule has 1 aliphatic rings. The maximum atomic E-state index is 4.65. The molecule has 1 saturated carbocycles. The second kappa shape index (κ2) is 6.99. The van der Waals surface area contributed by atoms with Gasteiger partial charge in [0.25, 0.3) is 0 Å². The minimum atomic E-state index is 0.407. The average molecular weight is 261 g/mol. The lowest BCUT2D eigenvalue weighted by Gasteiger charge is -2.33. The third-order valence-corrected chi connectivity index (χ3v) is 4.18. The Balaban J connectivity index is 2.14. The largest absolute Gasteiger partial charge is 0.308 e. The number of aromatic nitrogens is 2. The van der Waals surface area contributed by atoms with E-state index in [1.165, 1.54) is 37.8 Å². The zero-order chi connectivity index (χ0) is 13.7. The molecule has 1 aromatic rings. The molecule has 19 heavy (non-hydrogen) atoms. The summed E-state index contributed by atoms with van der Waals surface area (Å²) >= 11 is 0. The fourth-order valence-corrected chi connectivity index (χ4v) is 3.24. The second-order valence-electron chi connectivity index (χ2n) is 5.99. The summed E-state index contributed by atoms with van der Waals surface area (Å²) in [5.74, 6) is 2.46. The van der Waals surface area contributed by atoms with Crippen molar-refractivity contribution in [2.75, 3.05) is 6.54 Å². The van der Waals surface area contributed by atoms with Crippen molar-refractivity contribution in [2.45, 2.75) is 58.9 Å². The van der Waals surface area contributed by atoms with E-state index in [9.17, 15) is 0 Å². The van der Waals surface area contributed by atoms with Crippen LogP contribution in [-0.4, -0.2) is 16.5 Å². The van der Waals surface area contributed by atoms with Crippen molar-refractivity contribution in [3.05, 3.63) is 23.8 Å². The summed E-state index contributed by atoms with van der Waals surface area (Å²) in [6, 6.07) is 2.49. The third kappa shape index (κ3) is 4.00. The summed E-state index contributed by atoms with van der Waals surface area (Å²) in [4.78, 5) is 8.88. The van der Waals surface area contributed by atoms with Crippen molar-refractivity contribution in [3.8, 4) is 0 Å². The Labute approximate surface area is 117 Å². The van der Waals surface area contributed by atoms with Gasteiger partial charge in [-0.2, -0.15) is 0 Å². The van der Waals surface area contributed by atoms with Crippen LogP contribution in [-0.2, 0) is 0 Å². The topological polar surface area (TPSA) is 37.8 Å². The summed E-state index contributed by atoms with van der Waals surface area (Å²) in [6.07, 6.45) is 8.46. The van der Waals surface area contributed by atoms with Gasteiger partial charge in [0.15, 0.2) is 0 Å². The van der Waals surface area contributed by atoms with Crippen LogP contribution in [0.15, 0.2) is 12.3 Å². The Hall–Kier alpha value is -0.960. The van der Waals surface area contributed by atoms with Crippen molar-refractivity contribution in [3.63, 3.8) is 0 Å². The first-order chi connectivity index (χ1) is 9.20. The van der Waals surface area contributed by atoms with Gasteiger partial charge >= 0.3 is 0 Å². The molecule has 1 fully saturated rings. The number of hydrogen-bond acceptors (Lipinski definition) is 3. The zero-order valence-corrected chi connectivity index (χ0v) is 12.5. The molecule has 1 N–H and O–H groups in total. The molecule has 2 rings (SSSR count). The van der Waals surface area contributed by atoms with Gasteiger partial charge in [0.1, 0.15) is 5.82 Å². The van der Waals surface area contributed by atoms with Crippen LogP contribution in [0.1, 0.15) is 63.5 Å². The van der Waals surface area contributed by atoms with Gasteiger partial charge in [-0.05, 0) is 50.6 Å². The minimum absolute atomic E-state index is 0.407. The highest BCUT2D eigenvalue weighted by atomic mass is 15.0. The first-order valence-corrected chi connectivity index (χ1v) is 7.73. The number of aryl methyl sites for hydroxylation is 1. The molecule has 0 spiro atoms. The molecule has 0 radical (unpaired) electrons. The molecule has 0 bridgehead atoms. The minimum Gasteiger partial charge on any atom is -0.308 e. The van der Waals surface area contributed by atoms with Gasteiger partial charge in [-0.1, -0.05) is 26.7 Å². The molecule has 3 atom stereocenters. The molecule has 1 aliphatic carbocycles. The van der Waals surface area contributed by atoms with Gasteiger partial charge in [-0.3, -0.25) is 0 Å². The number of nitrogens with zero attached hydrogens (tertiary/aromatic N) is 2. The Morgan fingerprint density at radius 2 is 2.26 bits per heavy atom. The highest BCUT2D eigenvalue weighted by Gasteiger charge is 2.28. The number of hydrogen-bond donors (Lipinski definition) is 1. The zero-order valence-electron chi connectivity index (χ0n) is 12.5. The van der Waals surface area contributed by atoms with Crippen molar-refractivity contribution < 1.29 is 0 Å². The molecule has 0 amide bonds. The quantitative estimate of drug-likeness (QED) is 0.879. The first-order valence-electron chi connectivity index (χ1n) is 7.73. The van der Waals surface area contributed by atoms with Crippen LogP contribution in [0, 0.1) is 18.8 Å². The maximum Gasteiger partial charge on any atom is 0.125 e. The van der Waals surface area contributed by atoms with Crippen molar-refractivity contribution >= 4 is 0 Å². The lowest BCUT2D eigenvalue weighted by Crippen LogP contribution is -2.32. The molecule has 106 valence electrons. The summed E-state index contributed by atoms with van der Waals surface area (Å²) in [7, 11) is 0. The van der Waals surface area contributed by atoms with Gasteiger partial charge in [0.2, 0.25) is 0 Å². The van der Waals surface area contributed by atoms with E-state index in [0.717, 1.165) is 24.2 Å². The van der Waals surface area contributed by atoms with Crippen LogP contribution < -0.4 is 5.32 Å². The second-order valence-corrected chi connectivity index (χ2v) is 5.99. The lowest BCUT2D eigenvalue weighted by molar-refractivity contribution is 0.221. The van der Waals surface area contributed by atoms with E-state index in [-0.39, 0.29) is 0 Å². The maximum absolute atomic E-state index is 4.65. The van der Waals surface area contributed by atoms with Gasteiger partial charge in [-0.25, -0.2) is 9.97 Å². The van der Waals surface area contributed by atoms with Crippen LogP contribution in [0.25, 0.3) is 0 Å². The Bertz CT molecular complexity index is 391. The van der Waals surface area contributed by atoms with E-state index >= 15 is 0 Å². The molecule has 1 aromatic heterocycles. The predicted molar refractivity (Wildman–Crippen MR) is 78.9 cm³/mol. The lowest BCUT2D eigenvalue weighted by atomic mass is 9.77. The molecule has 1 heterocycles. The van der Waals surface area contributed by atoms with E-state index in [1.54, 1.807) is 0 Å². The van der Waals surface area contributed by atoms with E-state index in [2.05, 4.69) is 35.2 Å². The summed E-state index contributed by atoms with van der Waals surface area (Å²) in [5.41, 5.74) is 1.18. The van der Waals surface area contributed by atoms with Gasteiger partial charge < -0.3 is 5.32 Å². The van der Waals surface area contributed by atoms with Gasteiger partial charge in [-0.15, -0.1) is 0 Å². The Morgan fingerprint density at radius 1 is 1.42 bits per heavy atom. The normalized spacial score (nSPS) is 25.2. The molecule has 0 aromatic carbocycles.